The molecule has 23 heavy (non-hydrogen) atoms. The zero-order valence-corrected chi connectivity index (χ0v) is 14.9. The van der Waals surface area contributed by atoms with Crippen LogP contribution >= 0.6 is 23.5 Å². The lowest BCUT2D eigenvalue weighted by molar-refractivity contribution is 0.164. The molecule has 0 aliphatic heterocycles. The molecular weight excluding hydrogens is 377 g/mol. The van der Waals surface area contributed by atoms with E-state index in [1.54, 1.807) is 6.92 Å². The summed E-state index contributed by atoms with van der Waals surface area (Å²) in [6, 6.07) is 0. The van der Waals surface area contributed by atoms with Gasteiger partial charge in [0.05, 0.1) is 19.8 Å². The molecule has 0 aromatic rings. The van der Waals surface area contributed by atoms with E-state index in [1.165, 1.54) is 6.08 Å². The second-order valence-electron chi connectivity index (χ2n) is 4.06. The van der Waals surface area contributed by atoms with Crippen molar-refractivity contribution in [1.82, 2.24) is 0 Å². The topological polar surface area (TPSA) is 169 Å². The fourth-order valence-electron chi connectivity index (χ4n) is 0.938. The Morgan fingerprint density at radius 3 is 2.00 bits per heavy atom. The van der Waals surface area contributed by atoms with Gasteiger partial charge in [-0.05, 0) is 13.3 Å². The summed E-state index contributed by atoms with van der Waals surface area (Å²) in [5, 5.41) is 8.43. The molecule has 136 valence electrons. The molecule has 0 rings (SSSR count). The molecule has 3 atom stereocenters. The molecule has 0 aromatic carbocycles. The molecule has 4 N–H and O–H groups in total. The van der Waals surface area contributed by atoms with Crippen LogP contribution in [0.1, 0.15) is 13.3 Å². The molecule has 0 radical (unpaired) electrons. The van der Waals surface area contributed by atoms with Gasteiger partial charge in [0, 0.05) is 0 Å². The highest BCUT2D eigenvalue weighted by atomic mass is 31.3. The molecular formula is C9H19O11P3. The molecule has 0 aliphatic carbocycles. The zero-order chi connectivity index (χ0) is 18.1. The molecule has 11 nitrogen and oxygen atoms in total. The van der Waals surface area contributed by atoms with Crippen molar-refractivity contribution in [2.45, 2.75) is 13.3 Å². The normalized spacial score (nSPS) is 19.9. The van der Waals surface area contributed by atoms with Crippen molar-refractivity contribution in [3.8, 4) is 0 Å². The maximum atomic E-state index is 11.4. The minimum absolute atomic E-state index is 0.184. The fourth-order valence-corrected chi connectivity index (χ4v) is 4.39. The van der Waals surface area contributed by atoms with Gasteiger partial charge in [0.15, 0.2) is 0 Å². The van der Waals surface area contributed by atoms with Crippen molar-refractivity contribution in [2.24, 2.45) is 0 Å². The molecule has 14 heteroatoms. The van der Waals surface area contributed by atoms with Gasteiger partial charge in [-0.1, -0.05) is 17.7 Å². The molecule has 0 heterocycles. The lowest BCUT2D eigenvalue weighted by atomic mass is 10.3. The van der Waals surface area contributed by atoms with Crippen LogP contribution < -0.4 is 0 Å². The van der Waals surface area contributed by atoms with Crippen molar-refractivity contribution in [3.63, 3.8) is 0 Å². The lowest BCUT2D eigenvalue weighted by Crippen LogP contribution is -2.00. The molecule has 0 bridgehead atoms. The molecule has 0 aromatic heterocycles. The van der Waals surface area contributed by atoms with Gasteiger partial charge in [-0.25, -0.2) is 13.7 Å². The average molecular weight is 396 g/mol. The van der Waals surface area contributed by atoms with Crippen molar-refractivity contribution in [3.05, 3.63) is 24.3 Å². The third-order valence-corrected chi connectivity index (χ3v) is 6.09. The number of aliphatic hydroxyl groups excluding tert-OH is 1. The van der Waals surface area contributed by atoms with Gasteiger partial charge in [-0.2, -0.15) is 8.62 Å². The summed E-state index contributed by atoms with van der Waals surface area (Å²) < 4.78 is 50.5. The van der Waals surface area contributed by atoms with Gasteiger partial charge >= 0.3 is 23.5 Å². The Balaban J connectivity index is 4.58. The Morgan fingerprint density at radius 2 is 1.52 bits per heavy atom. The van der Waals surface area contributed by atoms with E-state index in [2.05, 4.69) is 24.2 Å². The summed E-state index contributed by atoms with van der Waals surface area (Å²) >= 11 is 0. The van der Waals surface area contributed by atoms with Crippen LogP contribution in [0.5, 0.6) is 0 Å². The first-order valence-electron chi connectivity index (χ1n) is 5.99. The molecule has 0 aliphatic rings. The van der Waals surface area contributed by atoms with E-state index >= 15 is 0 Å². The second kappa shape index (κ2) is 9.98. The van der Waals surface area contributed by atoms with Crippen LogP contribution in [-0.2, 0) is 31.4 Å². The fraction of sp³-hybridized carbons (Fsp3) is 0.556. The maximum absolute atomic E-state index is 11.4. The Kier molecular flexibility index (Phi) is 9.92. The van der Waals surface area contributed by atoms with E-state index in [1.807, 2.05) is 0 Å². The summed E-state index contributed by atoms with van der Waals surface area (Å²) in [7, 11) is -15.5. The second-order valence-corrected chi connectivity index (χ2v) is 8.69. The van der Waals surface area contributed by atoms with Crippen LogP contribution in [0.3, 0.4) is 0 Å². The number of hydrogen-bond acceptors (Lipinski definition) is 8. The molecule has 0 amide bonds. The van der Waals surface area contributed by atoms with E-state index in [0.29, 0.717) is 5.57 Å². The highest BCUT2D eigenvalue weighted by Crippen LogP contribution is 2.67. The zero-order valence-electron chi connectivity index (χ0n) is 12.2. The Morgan fingerprint density at radius 1 is 1.00 bits per heavy atom. The average Bonchev–Trinajstić information content (AvgIpc) is 2.30. The maximum Gasteiger partial charge on any atom is 0.490 e. The first kappa shape index (κ1) is 22.9. The monoisotopic (exact) mass is 396 g/mol. The van der Waals surface area contributed by atoms with Crippen molar-refractivity contribution >= 4 is 23.5 Å². The summed E-state index contributed by atoms with van der Waals surface area (Å²) in [6.07, 6.45) is 2.49. The Labute approximate surface area is 133 Å². The van der Waals surface area contributed by atoms with E-state index in [0.717, 1.165) is 6.08 Å². The van der Waals surface area contributed by atoms with Crippen LogP contribution in [0.15, 0.2) is 24.3 Å². The van der Waals surface area contributed by atoms with Crippen LogP contribution in [0.4, 0.5) is 0 Å². The molecule has 0 saturated heterocycles. The van der Waals surface area contributed by atoms with Gasteiger partial charge in [-0.3, -0.25) is 9.05 Å². The third kappa shape index (κ3) is 12.9. The number of aliphatic hydroxyl groups is 1. The molecule has 0 fully saturated rings. The largest absolute Gasteiger partial charge is 0.490 e. The smallest absolute Gasteiger partial charge is 0.392 e. The van der Waals surface area contributed by atoms with E-state index in [-0.39, 0.29) is 19.6 Å². The number of phosphoric acid groups is 3. The van der Waals surface area contributed by atoms with Crippen molar-refractivity contribution in [2.75, 3.05) is 19.8 Å². The van der Waals surface area contributed by atoms with Crippen molar-refractivity contribution in [1.29, 1.82) is 0 Å². The predicted octanol–water partition coefficient (Wildman–Crippen LogP) is 1.87. The Bertz CT molecular complexity index is 557. The Hall–Kier alpha value is -0.150. The highest BCUT2D eigenvalue weighted by Gasteiger charge is 2.41. The summed E-state index contributed by atoms with van der Waals surface area (Å²) in [5.74, 6) is 0. The highest BCUT2D eigenvalue weighted by molar-refractivity contribution is 7.66. The van der Waals surface area contributed by atoms with Gasteiger partial charge in [0.1, 0.15) is 0 Å². The SMILES string of the molecule is C=C(C)CCOP(=O)(O)OP(=O)(O)OP(=O)(O)OC/C=C/CO. The molecule has 0 spiro atoms. The molecule has 0 saturated carbocycles. The first-order chi connectivity index (χ1) is 10.4. The lowest BCUT2D eigenvalue weighted by Gasteiger charge is -2.17. The third-order valence-electron chi connectivity index (χ3n) is 1.80. The van der Waals surface area contributed by atoms with E-state index in [9.17, 15) is 28.4 Å². The number of rotatable bonds is 12. The number of hydrogen-bond donors (Lipinski definition) is 4. The summed E-state index contributed by atoms with van der Waals surface area (Å²) in [6.45, 7) is 3.92. The number of phosphoric ester groups is 2. The van der Waals surface area contributed by atoms with Crippen LogP contribution in [0, 0.1) is 0 Å². The molecule has 3 unspecified atom stereocenters. The standard InChI is InChI=1S/C9H19O11P3/c1-9(2)5-8-18-22(13,14)20-23(15,16)19-21(11,12)17-7-4-3-6-10/h3-4,10H,1,5-8H2,2H3,(H,11,12)(H,13,14)(H,15,16)/b4-3+. The van der Waals surface area contributed by atoms with Gasteiger partial charge in [0.2, 0.25) is 0 Å². The van der Waals surface area contributed by atoms with Crippen LogP contribution in [-0.4, -0.2) is 39.6 Å². The van der Waals surface area contributed by atoms with Gasteiger partial charge in [-0.15, -0.1) is 6.58 Å². The summed E-state index contributed by atoms with van der Waals surface area (Å²) in [5.41, 5.74) is 0.623. The van der Waals surface area contributed by atoms with E-state index in [4.69, 9.17) is 5.11 Å². The van der Waals surface area contributed by atoms with Gasteiger partial charge < -0.3 is 19.8 Å². The van der Waals surface area contributed by atoms with Crippen LogP contribution in [0.2, 0.25) is 0 Å². The quantitative estimate of drug-likeness (QED) is 0.280. The first-order valence-corrected chi connectivity index (χ1v) is 10.5. The van der Waals surface area contributed by atoms with Crippen LogP contribution in [0.25, 0.3) is 0 Å². The minimum Gasteiger partial charge on any atom is -0.392 e. The van der Waals surface area contributed by atoms with E-state index < -0.39 is 30.1 Å². The summed E-state index contributed by atoms with van der Waals surface area (Å²) in [4.78, 5) is 27.6. The van der Waals surface area contributed by atoms with Gasteiger partial charge in [0.25, 0.3) is 0 Å². The minimum atomic E-state index is -5.43. The van der Waals surface area contributed by atoms with Crippen molar-refractivity contribution < 1.29 is 51.2 Å². The predicted molar refractivity (Wildman–Crippen MR) is 79.2 cm³/mol.